The summed E-state index contributed by atoms with van der Waals surface area (Å²) in [6.45, 7) is 0. The van der Waals surface area contributed by atoms with Crippen LogP contribution in [-0.2, 0) is 0 Å². The highest BCUT2D eigenvalue weighted by molar-refractivity contribution is 6.09. The Kier molecular flexibility index (Phi) is 1.96. The second-order valence-electron chi connectivity index (χ2n) is 4.30. The maximum absolute atomic E-state index is 8.28. The summed E-state index contributed by atoms with van der Waals surface area (Å²) in [5.74, 6) is 0.241. The molecule has 1 unspecified atom stereocenters. The van der Waals surface area contributed by atoms with Gasteiger partial charge < -0.3 is 10.3 Å². The molecule has 1 aromatic rings. The lowest BCUT2D eigenvalue weighted by atomic mass is 9.83. The fourth-order valence-corrected chi connectivity index (χ4v) is 2.55. The Balaban J connectivity index is 2.20. The number of rotatable bonds is 0. The molecule has 2 heteroatoms. The van der Waals surface area contributed by atoms with Gasteiger partial charge in [0.15, 0.2) is 0 Å². The number of nitrogens with zero attached hydrogens (tertiary/aromatic N) is 1. The zero-order chi connectivity index (χ0) is 11.1. The first-order valence-corrected chi connectivity index (χ1v) is 5.57. The normalized spacial score (nSPS) is 22.6. The Hall–Kier alpha value is -1.83. The summed E-state index contributed by atoms with van der Waals surface area (Å²) < 4.78 is 0. The van der Waals surface area contributed by atoms with Crippen molar-refractivity contribution in [3.8, 4) is 0 Å². The van der Waals surface area contributed by atoms with Gasteiger partial charge in [-0.25, -0.2) is 0 Å². The minimum atomic E-state index is 0.241. The molecule has 1 atom stereocenters. The van der Waals surface area contributed by atoms with Gasteiger partial charge in [0.2, 0.25) is 0 Å². The Labute approximate surface area is 95.4 Å². The predicted octanol–water partition coefficient (Wildman–Crippen LogP) is 2.96. The minimum Gasteiger partial charge on any atom is -0.347 e. The molecule has 1 N–H and O–H groups in total. The van der Waals surface area contributed by atoms with E-state index in [4.69, 9.17) is 5.41 Å². The molecule has 3 rings (SSSR count). The summed E-state index contributed by atoms with van der Waals surface area (Å²) in [5.41, 5.74) is 4.21. The van der Waals surface area contributed by atoms with Crippen LogP contribution in [0.3, 0.4) is 0 Å². The molecule has 0 spiro atoms. The fraction of sp³-hybridized carbons (Fsp3) is 0.214. The number of hydrogen-bond donors (Lipinski definition) is 1. The van der Waals surface area contributed by atoms with Crippen LogP contribution < -0.4 is 4.90 Å². The minimum absolute atomic E-state index is 0.241. The third-order valence-electron chi connectivity index (χ3n) is 3.42. The van der Waals surface area contributed by atoms with E-state index in [1.165, 1.54) is 5.70 Å². The van der Waals surface area contributed by atoms with E-state index >= 15 is 0 Å². The molecule has 0 aromatic heterocycles. The van der Waals surface area contributed by atoms with E-state index in [2.05, 4.69) is 36.2 Å². The van der Waals surface area contributed by atoms with Crippen molar-refractivity contribution in [2.45, 2.75) is 6.42 Å². The van der Waals surface area contributed by atoms with Crippen molar-refractivity contribution >= 4 is 11.4 Å². The quantitative estimate of drug-likeness (QED) is 0.700. The van der Waals surface area contributed by atoms with Gasteiger partial charge in [-0.3, -0.25) is 0 Å². The number of fused-ring (bicyclic) bond motifs is 2. The fourth-order valence-electron chi connectivity index (χ4n) is 2.55. The number of anilines is 1. The highest BCUT2D eigenvalue weighted by Crippen LogP contribution is 2.37. The first kappa shape index (κ1) is 9.40. The highest BCUT2D eigenvalue weighted by atomic mass is 15.1. The average Bonchev–Trinajstić information content (AvgIpc) is 2.36. The van der Waals surface area contributed by atoms with Crippen molar-refractivity contribution in [2.24, 2.45) is 5.92 Å². The molecule has 0 amide bonds. The van der Waals surface area contributed by atoms with Crippen LogP contribution in [0.1, 0.15) is 12.0 Å². The van der Waals surface area contributed by atoms with Crippen LogP contribution in [0, 0.1) is 11.3 Å². The second kappa shape index (κ2) is 3.34. The summed E-state index contributed by atoms with van der Waals surface area (Å²) >= 11 is 0. The zero-order valence-electron chi connectivity index (χ0n) is 9.27. The highest BCUT2D eigenvalue weighted by Gasteiger charge is 2.31. The van der Waals surface area contributed by atoms with E-state index in [1.807, 2.05) is 18.2 Å². The molecule has 1 aliphatic heterocycles. The van der Waals surface area contributed by atoms with Gasteiger partial charge >= 0.3 is 0 Å². The molecule has 0 saturated carbocycles. The van der Waals surface area contributed by atoms with Crippen molar-refractivity contribution in [2.75, 3.05) is 11.9 Å². The van der Waals surface area contributed by atoms with Crippen molar-refractivity contribution in [3.63, 3.8) is 0 Å². The lowest BCUT2D eigenvalue weighted by Crippen LogP contribution is -2.35. The van der Waals surface area contributed by atoms with Crippen LogP contribution >= 0.6 is 0 Å². The standard InChI is InChI=1S/C14H14N2/c1-16-12-8-4-2-6-10(12)14(15)11-7-3-5-9-13(11)16/h2-6,8-9,11,15H,7H2,1H3. The van der Waals surface area contributed by atoms with Gasteiger partial charge in [-0.2, -0.15) is 0 Å². The molecule has 2 nitrogen and oxygen atoms in total. The van der Waals surface area contributed by atoms with E-state index in [0.29, 0.717) is 0 Å². The first-order valence-electron chi connectivity index (χ1n) is 5.57. The summed E-state index contributed by atoms with van der Waals surface area (Å²) in [4.78, 5) is 2.21. The number of hydrogen-bond acceptors (Lipinski definition) is 2. The van der Waals surface area contributed by atoms with Crippen molar-refractivity contribution in [3.05, 3.63) is 53.8 Å². The SMILES string of the molecule is CN1C2=CC=CCC2C(=N)c2ccccc21. The Morgan fingerprint density at radius 2 is 2.12 bits per heavy atom. The third-order valence-corrected chi connectivity index (χ3v) is 3.42. The maximum Gasteiger partial charge on any atom is 0.0500 e. The second-order valence-corrected chi connectivity index (χ2v) is 4.30. The smallest absolute Gasteiger partial charge is 0.0500 e. The topological polar surface area (TPSA) is 27.1 Å². The van der Waals surface area contributed by atoms with Crippen LogP contribution in [0.2, 0.25) is 0 Å². The Bertz CT molecular complexity index is 511. The van der Waals surface area contributed by atoms with Gasteiger partial charge in [0, 0.05) is 35.6 Å². The van der Waals surface area contributed by atoms with Crippen molar-refractivity contribution in [1.82, 2.24) is 0 Å². The molecule has 2 aliphatic rings. The number of allylic oxidation sites excluding steroid dienone is 4. The average molecular weight is 210 g/mol. The Morgan fingerprint density at radius 3 is 3.00 bits per heavy atom. The van der Waals surface area contributed by atoms with E-state index < -0.39 is 0 Å². The van der Waals surface area contributed by atoms with E-state index in [0.717, 1.165) is 23.4 Å². The van der Waals surface area contributed by atoms with Crippen LogP contribution in [0.15, 0.2) is 48.2 Å². The summed E-state index contributed by atoms with van der Waals surface area (Å²) in [6, 6.07) is 8.17. The van der Waals surface area contributed by atoms with Gasteiger partial charge in [0.25, 0.3) is 0 Å². The van der Waals surface area contributed by atoms with Gasteiger partial charge in [0.1, 0.15) is 0 Å². The summed E-state index contributed by atoms with van der Waals surface area (Å²) in [5, 5.41) is 8.28. The molecule has 0 radical (unpaired) electrons. The molecular formula is C14H14N2. The number of benzene rings is 1. The molecule has 16 heavy (non-hydrogen) atoms. The lowest BCUT2D eigenvalue weighted by Gasteiger charge is -2.37. The van der Waals surface area contributed by atoms with Crippen LogP contribution in [0.25, 0.3) is 0 Å². The van der Waals surface area contributed by atoms with Crippen LogP contribution in [0.5, 0.6) is 0 Å². The molecule has 1 aliphatic carbocycles. The zero-order valence-corrected chi connectivity index (χ0v) is 9.27. The van der Waals surface area contributed by atoms with E-state index in [-0.39, 0.29) is 5.92 Å². The monoisotopic (exact) mass is 210 g/mol. The molecule has 1 heterocycles. The van der Waals surface area contributed by atoms with Gasteiger partial charge in [-0.15, -0.1) is 0 Å². The maximum atomic E-state index is 8.28. The van der Waals surface area contributed by atoms with E-state index in [1.54, 1.807) is 0 Å². The predicted molar refractivity (Wildman–Crippen MR) is 67.0 cm³/mol. The molecule has 0 saturated heterocycles. The number of para-hydroxylation sites is 1. The summed E-state index contributed by atoms with van der Waals surface area (Å²) in [7, 11) is 2.09. The van der Waals surface area contributed by atoms with Crippen LogP contribution in [0.4, 0.5) is 5.69 Å². The Morgan fingerprint density at radius 1 is 1.31 bits per heavy atom. The van der Waals surface area contributed by atoms with Gasteiger partial charge in [-0.1, -0.05) is 30.4 Å². The number of nitrogens with one attached hydrogen (secondary N) is 1. The molecular weight excluding hydrogens is 196 g/mol. The largest absolute Gasteiger partial charge is 0.347 e. The summed E-state index contributed by atoms with van der Waals surface area (Å²) in [6.07, 6.45) is 7.30. The molecule has 0 bridgehead atoms. The van der Waals surface area contributed by atoms with Crippen molar-refractivity contribution < 1.29 is 0 Å². The third kappa shape index (κ3) is 1.16. The van der Waals surface area contributed by atoms with Crippen LogP contribution in [-0.4, -0.2) is 12.8 Å². The molecule has 80 valence electrons. The van der Waals surface area contributed by atoms with Gasteiger partial charge in [-0.05, 0) is 18.6 Å². The van der Waals surface area contributed by atoms with Crippen molar-refractivity contribution in [1.29, 1.82) is 5.41 Å². The molecule has 1 aromatic carbocycles. The van der Waals surface area contributed by atoms with Gasteiger partial charge in [0.05, 0.1) is 0 Å². The lowest BCUT2D eigenvalue weighted by molar-refractivity contribution is 0.752. The van der Waals surface area contributed by atoms with E-state index in [9.17, 15) is 0 Å². The first-order chi connectivity index (χ1) is 7.79. The molecule has 0 fully saturated rings.